The third-order valence-electron chi connectivity index (χ3n) is 6.59. The zero-order valence-corrected chi connectivity index (χ0v) is 20.9. The van der Waals surface area contributed by atoms with E-state index in [0.717, 1.165) is 67.2 Å². The van der Waals surface area contributed by atoms with Crippen LogP contribution in [0, 0.1) is 0 Å². The molecule has 0 saturated carbocycles. The average molecular weight is 504 g/mol. The van der Waals surface area contributed by atoms with Crippen molar-refractivity contribution in [2.75, 3.05) is 56.2 Å². The van der Waals surface area contributed by atoms with Crippen LogP contribution in [0.25, 0.3) is 22.6 Å². The molecule has 3 aromatic rings. The molecule has 2 aliphatic heterocycles. The van der Waals surface area contributed by atoms with Crippen molar-refractivity contribution in [1.82, 2.24) is 15.3 Å². The number of hydrogen-bond acceptors (Lipinski definition) is 8. The quantitative estimate of drug-likeness (QED) is 0.431. The highest BCUT2D eigenvalue weighted by atomic mass is 16.5. The number of anilines is 2. The van der Waals surface area contributed by atoms with Gasteiger partial charge in [-0.05, 0) is 49.7 Å². The molecule has 2 saturated heterocycles. The number of rotatable bonds is 8. The zero-order chi connectivity index (χ0) is 25.5. The van der Waals surface area contributed by atoms with Crippen LogP contribution in [-0.2, 0) is 20.9 Å². The SMILES string of the molecule is O=C(COC1CCNCC1)Nc1cccc(-c2cc(N3CCOCC3)nc(-c3cccc(CO)c3)n2)c1. The van der Waals surface area contributed by atoms with E-state index in [1.165, 1.54) is 0 Å². The van der Waals surface area contributed by atoms with Crippen LogP contribution in [0.1, 0.15) is 18.4 Å². The molecule has 3 heterocycles. The number of benzene rings is 2. The summed E-state index contributed by atoms with van der Waals surface area (Å²) < 4.78 is 11.3. The molecule has 5 rings (SSSR count). The van der Waals surface area contributed by atoms with E-state index in [1.807, 2.05) is 54.6 Å². The molecule has 2 aromatic carbocycles. The number of hydrogen-bond donors (Lipinski definition) is 3. The second-order valence-corrected chi connectivity index (χ2v) is 9.28. The largest absolute Gasteiger partial charge is 0.392 e. The predicted octanol–water partition coefficient (Wildman–Crippen LogP) is 2.85. The molecule has 0 unspecified atom stereocenters. The van der Waals surface area contributed by atoms with Gasteiger partial charge in [0, 0.05) is 36.0 Å². The number of carbonyl (C=O) groups is 1. The normalized spacial score (nSPS) is 16.5. The molecule has 37 heavy (non-hydrogen) atoms. The van der Waals surface area contributed by atoms with Crippen molar-refractivity contribution in [2.24, 2.45) is 0 Å². The molecule has 0 bridgehead atoms. The molecule has 1 amide bonds. The first kappa shape index (κ1) is 25.3. The van der Waals surface area contributed by atoms with Crippen molar-refractivity contribution in [3.63, 3.8) is 0 Å². The zero-order valence-electron chi connectivity index (χ0n) is 20.9. The van der Waals surface area contributed by atoms with E-state index in [0.29, 0.717) is 24.7 Å². The molecule has 3 N–H and O–H groups in total. The number of aliphatic hydroxyl groups is 1. The summed E-state index contributed by atoms with van der Waals surface area (Å²) in [7, 11) is 0. The lowest BCUT2D eigenvalue weighted by molar-refractivity contribution is -0.123. The Labute approximate surface area is 216 Å². The van der Waals surface area contributed by atoms with Crippen molar-refractivity contribution in [3.05, 3.63) is 60.2 Å². The summed E-state index contributed by atoms with van der Waals surface area (Å²) in [6.07, 6.45) is 1.97. The minimum atomic E-state index is -0.172. The van der Waals surface area contributed by atoms with Crippen LogP contribution in [0.5, 0.6) is 0 Å². The number of morpholine rings is 1. The first-order valence-corrected chi connectivity index (χ1v) is 12.8. The number of aliphatic hydroxyl groups excluding tert-OH is 1. The number of piperidine rings is 1. The Morgan fingerprint density at radius 3 is 2.65 bits per heavy atom. The lowest BCUT2D eigenvalue weighted by Gasteiger charge is -2.28. The maximum absolute atomic E-state index is 12.5. The van der Waals surface area contributed by atoms with Gasteiger partial charge in [0.25, 0.3) is 0 Å². The standard InChI is InChI=1S/C28H33N5O4/c34-18-20-3-1-5-22(15-20)28-31-25(17-26(32-28)33-11-13-36-14-12-33)21-4-2-6-23(16-21)30-27(35)19-37-24-7-9-29-10-8-24/h1-6,15-17,24,29,34H,7-14,18-19H2,(H,30,35). The number of amides is 1. The van der Waals surface area contributed by atoms with Crippen molar-refractivity contribution in [3.8, 4) is 22.6 Å². The first-order valence-electron chi connectivity index (χ1n) is 12.8. The molecular formula is C28H33N5O4. The minimum Gasteiger partial charge on any atom is -0.392 e. The van der Waals surface area contributed by atoms with E-state index in [-0.39, 0.29) is 25.2 Å². The van der Waals surface area contributed by atoms with Gasteiger partial charge in [0.05, 0.1) is 31.6 Å². The topological polar surface area (TPSA) is 109 Å². The van der Waals surface area contributed by atoms with Crippen molar-refractivity contribution >= 4 is 17.4 Å². The summed E-state index contributed by atoms with van der Waals surface area (Å²) in [5.41, 5.74) is 3.95. The number of aromatic nitrogens is 2. The molecule has 0 radical (unpaired) electrons. The molecule has 194 valence electrons. The minimum absolute atomic E-state index is 0.0366. The summed E-state index contributed by atoms with van der Waals surface area (Å²) >= 11 is 0. The lowest BCUT2D eigenvalue weighted by Crippen LogP contribution is -2.36. The Balaban J connectivity index is 1.39. The second kappa shape index (κ2) is 12.2. The number of ether oxygens (including phenoxy) is 2. The second-order valence-electron chi connectivity index (χ2n) is 9.28. The Hall–Kier alpha value is -3.37. The maximum atomic E-state index is 12.5. The third kappa shape index (κ3) is 6.69. The summed E-state index contributed by atoms with van der Waals surface area (Å²) in [5.74, 6) is 1.23. The molecule has 2 aliphatic rings. The van der Waals surface area contributed by atoms with Gasteiger partial charge in [0.2, 0.25) is 5.91 Å². The summed E-state index contributed by atoms with van der Waals surface area (Å²) in [6.45, 7) is 4.63. The van der Waals surface area contributed by atoms with Gasteiger partial charge in [-0.3, -0.25) is 4.79 Å². The molecule has 9 nitrogen and oxygen atoms in total. The summed E-state index contributed by atoms with van der Waals surface area (Å²) in [5, 5.41) is 15.9. The smallest absolute Gasteiger partial charge is 0.250 e. The molecule has 0 spiro atoms. The van der Waals surface area contributed by atoms with Gasteiger partial charge in [-0.2, -0.15) is 0 Å². The number of nitrogens with zero attached hydrogens (tertiary/aromatic N) is 3. The monoisotopic (exact) mass is 503 g/mol. The fourth-order valence-electron chi connectivity index (χ4n) is 4.58. The van der Waals surface area contributed by atoms with Crippen molar-refractivity contribution < 1.29 is 19.4 Å². The Morgan fingerprint density at radius 1 is 1.05 bits per heavy atom. The van der Waals surface area contributed by atoms with Crippen LogP contribution in [0.4, 0.5) is 11.5 Å². The van der Waals surface area contributed by atoms with Crippen LogP contribution in [-0.4, -0.2) is 73.1 Å². The number of nitrogens with one attached hydrogen (secondary N) is 2. The Bertz CT molecular complexity index is 1210. The van der Waals surface area contributed by atoms with Crippen LogP contribution in [0.15, 0.2) is 54.6 Å². The van der Waals surface area contributed by atoms with Gasteiger partial charge in [-0.25, -0.2) is 9.97 Å². The highest BCUT2D eigenvalue weighted by Gasteiger charge is 2.18. The fourth-order valence-corrected chi connectivity index (χ4v) is 4.58. The van der Waals surface area contributed by atoms with E-state index in [1.54, 1.807) is 0 Å². The lowest BCUT2D eigenvalue weighted by atomic mass is 10.1. The fraction of sp³-hybridized carbons (Fsp3) is 0.393. The predicted molar refractivity (Wildman–Crippen MR) is 142 cm³/mol. The van der Waals surface area contributed by atoms with Gasteiger partial charge in [-0.15, -0.1) is 0 Å². The van der Waals surface area contributed by atoms with E-state index < -0.39 is 0 Å². The maximum Gasteiger partial charge on any atom is 0.250 e. The van der Waals surface area contributed by atoms with Crippen molar-refractivity contribution in [1.29, 1.82) is 0 Å². The molecular weight excluding hydrogens is 470 g/mol. The van der Waals surface area contributed by atoms with Crippen LogP contribution < -0.4 is 15.5 Å². The molecule has 1 aromatic heterocycles. The summed E-state index contributed by atoms with van der Waals surface area (Å²) in [6, 6.07) is 17.3. The third-order valence-corrected chi connectivity index (χ3v) is 6.59. The highest BCUT2D eigenvalue weighted by molar-refractivity contribution is 5.92. The van der Waals surface area contributed by atoms with Crippen molar-refractivity contribution in [2.45, 2.75) is 25.6 Å². The van der Waals surface area contributed by atoms with Gasteiger partial charge in [-0.1, -0.05) is 30.3 Å². The highest BCUT2D eigenvalue weighted by Crippen LogP contribution is 2.28. The van der Waals surface area contributed by atoms with Gasteiger partial charge in [0.1, 0.15) is 12.4 Å². The molecule has 0 atom stereocenters. The van der Waals surface area contributed by atoms with E-state index in [9.17, 15) is 9.90 Å². The summed E-state index contributed by atoms with van der Waals surface area (Å²) in [4.78, 5) is 24.5. The van der Waals surface area contributed by atoms with E-state index in [2.05, 4.69) is 15.5 Å². The Kier molecular flexibility index (Phi) is 8.37. The van der Waals surface area contributed by atoms with Crippen LogP contribution in [0.3, 0.4) is 0 Å². The first-order chi connectivity index (χ1) is 18.2. The average Bonchev–Trinajstić information content (AvgIpc) is 2.97. The van der Waals surface area contributed by atoms with Crippen LogP contribution in [0.2, 0.25) is 0 Å². The van der Waals surface area contributed by atoms with Gasteiger partial charge < -0.3 is 30.1 Å². The van der Waals surface area contributed by atoms with Gasteiger partial charge >= 0.3 is 0 Å². The van der Waals surface area contributed by atoms with E-state index >= 15 is 0 Å². The van der Waals surface area contributed by atoms with E-state index in [4.69, 9.17) is 19.4 Å². The Morgan fingerprint density at radius 2 is 1.84 bits per heavy atom. The molecule has 0 aliphatic carbocycles. The van der Waals surface area contributed by atoms with Gasteiger partial charge in [0.15, 0.2) is 5.82 Å². The van der Waals surface area contributed by atoms with Crippen LogP contribution >= 0.6 is 0 Å². The number of carbonyl (C=O) groups excluding carboxylic acids is 1. The molecule has 2 fully saturated rings. The molecule has 9 heteroatoms.